The molecule has 1 aromatic rings. The number of aromatic nitrogens is 2. The van der Waals surface area contributed by atoms with Crippen molar-refractivity contribution in [3.8, 4) is 0 Å². The zero-order valence-corrected chi connectivity index (χ0v) is 9.70. The molecule has 0 aliphatic rings. The van der Waals surface area contributed by atoms with Crippen LogP contribution in [0, 0.1) is 0 Å². The Bertz CT molecular complexity index is 359. The van der Waals surface area contributed by atoms with Gasteiger partial charge in [-0.3, -0.25) is 4.68 Å². The minimum atomic E-state index is -2.84. The van der Waals surface area contributed by atoms with Gasteiger partial charge in [-0.2, -0.15) is 5.10 Å². The Hall–Kier alpha value is -0.880. The lowest BCUT2D eigenvalue weighted by atomic mass is 10.6. The van der Waals surface area contributed by atoms with Gasteiger partial charge in [0.05, 0.1) is 12.3 Å². The minimum Gasteiger partial charge on any atom is -0.314 e. The molecule has 0 saturated carbocycles. The molecule has 0 fully saturated rings. The first-order valence-corrected chi connectivity index (χ1v) is 6.85. The molecule has 0 bridgehead atoms. The van der Waals surface area contributed by atoms with Crippen LogP contribution in [0.3, 0.4) is 0 Å². The van der Waals surface area contributed by atoms with Crippen LogP contribution in [0.2, 0.25) is 0 Å². The van der Waals surface area contributed by atoms with Gasteiger partial charge in [-0.25, -0.2) is 8.42 Å². The van der Waals surface area contributed by atoms with Crippen LogP contribution in [0.25, 0.3) is 0 Å². The van der Waals surface area contributed by atoms with Crippen molar-refractivity contribution < 1.29 is 8.42 Å². The van der Waals surface area contributed by atoms with Crippen molar-refractivity contribution in [1.82, 2.24) is 15.1 Å². The van der Waals surface area contributed by atoms with Crippen LogP contribution < -0.4 is 5.32 Å². The maximum atomic E-state index is 11.1. The first-order valence-electron chi connectivity index (χ1n) is 5.02. The van der Waals surface area contributed by atoms with E-state index < -0.39 is 9.84 Å². The SMILES string of the molecule is CCS(=O)(=O)CCNCCn1cccn1. The highest BCUT2D eigenvalue weighted by Gasteiger charge is 2.05. The van der Waals surface area contributed by atoms with Crippen molar-refractivity contribution in [3.63, 3.8) is 0 Å². The second-order valence-corrected chi connectivity index (χ2v) is 5.73. The summed E-state index contributed by atoms with van der Waals surface area (Å²) >= 11 is 0. The summed E-state index contributed by atoms with van der Waals surface area (Å²) in [6.07, 6.45) is 3.60. The fraction of sp³-hybridized carbons (Fsp3) is 0.667. The van der Waals surface area contributed by atoms with E-state index in [0.29, 0.717) is 6.54 Å². The summed E-state index contributed by atoms with van der Waals surface area (Å²) < 4.78 is 24.1. The topological polar surface area (TPSA) is 64.0 Å². The zero-order chi connectivity index (χ0) is 11.1. The van der Waals surface area contributed by atoms with E-state index >= 15 is 0 Å². The summed E-state index contributed by atoms with van der Waals surface area (Å²) in [4.78, 5) is 0. The number of hydrogen-bond donors (Lipinski definition) is 1. The molecule has 1 heterocycles. The quantitative estimate of drug-likeness (QED) is 0.666. The summed E-state index contributed by atoms with van der Waals surface area (Å²) in [5.74, 6) is 0.427. The molecule has 0 aliphatic heterocycles. The number of rotatable bonds is 7. The Morgan fingerprint density at radius 2 is 2.20 bits per heavy atom. The van der Waals surface area contributed by atoms with E-state index in [0.717, 1.165) is 13.1 Å². The van der Waals surface area contributed by atoms with Crippen molar-refractivity contribution in [1.29, 1.82) is 0 Å². The Kier molecular flexibility index (Phi) is 4.77. The van der Waals surface area contributed by atoms with Crippen LogP contribution in [-0.4, -0.2) is 42.8 Å². The van der Waals surface area contributed by atoms with Crippen LogP contribution in [0.15, 0.2) is 18.5 Å². The predicted molar refractivity (Wildman–Crippen MR) is 59.4 cm³/mol. The molecular formula is C9H17N3O2S. The predicted octanol–water partition coefficient (Wildman–Crippen LogP) is -0.0926. The molecule has 0 unspecified atom stereocenters. The maximum absolute atomic E-state index is 11.1. The van der Waals surface area contributed by atoms with E-state index in [-0.39, 0.29) is 11.5 Å². The van der Waals surface area contributed by atoms with Gasteiger partial charge >= 0.3 is 0 Å². The molecule has 0 atom stereocenters. The molecule has 1 aromatic heterocycles. The van der Waals surface area contributed by atoms with Gasteiger partial charge < -0.3 is 5.32 Å². The highest BCUT2D eigenvalue weighted by molar-refractivity contribution is 7.91. The minimum absolute atomic E-state index is 0.211. The third kappa shape index (κ3) is 4.94. The lowest BCUT2D eigenvalue weighted by Gasteiger charge is -2.04. The van der Waals surface area contributed by atoms with Crippen LogP contribution in [-0.2, 0) is 16.4 Å². The molecule has 0 aliphatic carbocycles. The Balaban J connectivity index is 2.08. The van der Waals surface area contributed by atoms with Gasteiger partial charge in [-0.05, 0) is 6.07 Å². The number of hydrogen-bond acceptors (Lipinski definition) is 4. The van der Waals surface area contributed by atoms with Crippen molar-refractivity contribution in [2.45, 2.75) is 13.5 Å². The molecule has 86 valence electrons. The third-order valence-electron chi connectivity index (χ3n) is 2.11. The first kappa shape index (κ1) is 12.2. The van der Waals surface area contributed by atoms with Gasteiger partial charge in [0, 0.05) is 31.2 Å². The normalized spacial score (nSPS) is 11.8. The van der Waals surface area contributed by atoms with Gasteiger partial charge in [0.1, 0.15) is 0 Å². The van der Waals surface area contributed by atoms with E-state index in [1.165, 1.54) is 0 Å². The van der Waals surface area contributed by atoms with E-state index in [1.54, 1.807) is 17.8 Å². The van der Waals surface area contributed by atoms with Gasteiger partial charge in [-0.1, -0.05) is 6.92 Å². The molecule has 1 N–H and O–H groups in total. The largest absolute Gasteiger partial charge is 0.314 e. The molecule has 0 spiro atoms. The lowest BCUT2D eigenvalue weighted by Crippen LogP contribution is -2.27. The maximum Gasteiger partial charge on any atom is 0.151 e. The van der Waals surface area contributed by atoms with Crippen molar-refractivity contribution >= 4 is 9.84 Å². The van der Waals surface area contributed by atoms with Crippen LogP contribution in [0.1, 0.15) is 6.92 Å². The number of nitrogens with zero attached hydrogens (tertiary/aromatic N) is 2. The molecule has 0 saturated heterocycles. The molecule has 0 radical (unpaired) electrons. The first-order chi connectivity index (χ1) is 7.14. The van der Waals surface area contributed by atoms with E-state index in [2.05, 4.69) is 10.4 Å². The summed E-state index contributed by atoms with van der Waals surface area (Å²) in [5, 5.41) is 7.11. The van der Waals surface area contributed by atoms with Crippen LogP contribution >= 0.6 is 0 Å². The zero-order valence-electron chi connectivity index (χ0n) is 8.89. The number of sulfone groups is 1. The molecular weight excluding hydrogens is 214 g/mol. The van der Waals surface area contributed by atoms with Crippen molar-refractivity contribution in [2.24, 2.45) is 0 Å². The Morgan fingerprint density at radius 3 is 2.80 bits per heavy atom. The highest BCUT2D eigenvalue weighted by atomic mass is 32.2. The highest BCUT2D eigenvalue weighted by Crippen LogP contribution is 1.87. The average molecular weight is 231 g/mol. The van der Waals surface area contributed by atoms with Gasteiger partial charge in [0.25, 0.3) is 0 Å². The lowest BCUT2D eigenvalue weighted by molar-refractivity contribution is 0.559. The fourth-order valence-corrected chi connectivity index (χ4v) is 1.87. The standard InChI is InChI=1S/C9H17N3O2S/c1-2-15(13,14)9-6-10-5-8-12-7-3-4-11-12/h3-4,7,10H,2,5-6,8-9H2,1H3. The summed E-state index contributed by atoms with van der Waals surface area (Å²) in [6, 6.07) is 1.86. The average Bonchev–Trinajstić information content (AvgIpc) is 2.70. The molecule has 0 amide bonds. The fourth-order valence-electron chi connectivity index (χ4n) is 1.12. The molecule has 5 nitrogen and oxygen atoms in total. The van der Waals surface area contributed by atoms with Gasteiger partial charge in [0.15, 0.2) is 9.84 Å². The molecule has 6 heteroatoms. The summed E-state index contributed by atoms with van der Waals surface area (Å²) in [7, 11) is -2.84. The van der Waals surface area contributed by atoms with Gasteiger partial charge in [-0.15, -0.1) is 0 Å². The van der Waals surface area contributed by atoms with E-state index in [4.69, 9.17) is 0 Å². The third-order valence-corrected chi connectivity index (χ3v) is 3.81. The Morgan fingerprint density at radius 1 is 1.40 bits per heavy atom. The van der Waals surface area contributed by atoms with Crippen molar-refractivity contribution in [3.05, 3.63) is 18.5 Å². The smallest absolute Gasteiger partial charge is 0.151 e. The van der Waals surface area contributed by atoms with Gasteiger partial charge in [0.2, 0.25) is 0 Å². The second kappa shape index (κ2) is 5.87. The second-order valence-electron chi connectivity index (χ2n) is 3.26. The van der Waals surface area contributed by atoms with Crippen LogP contribution in [0.4, 0.5) is 0 Å². The number of nitrogens with one attached hydrogen (secondary N) is 1. The molecule has 0 aromatic carbocycles. The molecule has 15 heavy (non-hydrogen) atoms. The van der Waals surface area contributed by atoms with Crippen LogP contribution in [0.5, 0.6) is 0 Å². The Labute approximate surface area is 90.4 Å². The van der Waals surface area contributed by atoms with E-state index in [1.807, 2.05) is 12.3 Å². The monoisotopic (exact) mass is 231 g/mol. The summed E-state index contributed by atoms with van der Waals surface area (Å²) in [6.45, 7) is 3.68. The van der Waals surface area contributed by atoms with E-state index in [9.17, 15) is 8.42 Å². The van der Waals surface area contributed by atoms with Crippen molar-refractivity contribution in [2.75, 3.05) is 24.6 Å². The molecule has 1 rings (SSSR count). The summed E-state index contributed by atoms with van der Waals surface area (Å²) in [5.41, 5.74) is 0.